The molecule has 0 unspecified atom stereocenters. The van der Waals surface area contributed by atoms with Crippen LogP contribution in [0.4, 0.5) is 10.1 Å². The lowest BCUT2D eigenvalue weighted by molar-refractivity contribution is 0.628. The van der Waals surface area contributed by atoms with Crippen molar-refractivity contribution in [2.24, 2.45) is 0 Å². The molecule has 1 saturated carbocycles. The summed E-state index contributed by atoms with van der Waals surface area (Å²) in [5.41, 5.74) is 0.980. The van der Waals surface area contributed by atoms with Crippen molar-refractivity contribution >= 4 is 17.6 Å². The van der Waals surface area contributed by atoms with Crippen molar-refractivity contribution in [2.75, 3.05) is 4.72 Å². The van der Waals surface area contributed by atoms with E-state index in [1.54, 1.807) is 24.1 Å². The van der Waals surface area contributed by atoms with Crippen molar-refractivity contribution in [3.05, 3.63) is 30.1 Å². The molecule has 2 rings (SSSR count). The number of nitrogens with one attached hydrogen (secondary N) is 1. The Balaban J connectivity index is 1.89. The molecule has 1 aliphatic carbocycles. The van der Waals surface area contributed by atoms with Crippen LogP contribution in [0.3, 0.4) is 0 Å². The number of halogens is 1. The van der Waals surface area contributed by atoms with Gasteiger partial charge in [0.15, 0.2) is 0 Å². The second-order valence-electron chi connectivity index (χ2n) is 2.93. The van der Waals surface area contributed by atoms with Gasteiger partial charge in [-0.2, -0.15) is 0 Å². The highest BCUT2D eigenvalue weighted by Crippen LogP contribution is 2.34. The monoisotopic (exact) mass is 183 g/mol. The maximum Gasteiger partial charge on any atom is 0.123 e. The van der Waals surface area contributed by atoms with Crippen molar-refractivity contribution in [1.29, 1.82) is 0 Å². The zero-order valence-corrected chi connectivity index (χ0v) is 7.40. The molecule has 3 heteroatoms. The molecule has 1 aliphatic rings. The molecule has 1 fully saturated rings. The highest BCUT2D eigenvalue weighted by Gasteiger charge is 2.21. The molecular weight excluding hydrogens is 173 g/mol. The summed E-state index contributed by atoms with van der Waals surface area (Å²) in [6, 6.07) is 6.45. The minimum Gasteiger partial charge on any atom is -0.330 e. The fourth-order valence-electron chi connectivity index (χ4n) is 0.855. The van der Waals surface area contributed by atoms with Crippen LogP contribution in [-0.2, 0) is 0 Å². The normalized spacial score (nSPS) is 16.1. The van der Waals surface area contributed by atoms with Gasteiger partial charge in [-0.3, -0.25) is 0 Å². The second-order valence-corrected chi connectivity index (χ2v) is 4.03. The predicted octanol–water partition coefficient (Wildman–Crippen LogP) is 3.05. The average Bonchev–Trinajstić information content (AvgIpc) is 2.87. The maximum atomic E-state index is 12.5. The van der Waals surface area contributed by atoms with Crippen LogP contribution in [0, 0.1) is 5.82 Å². The Labute approximate surface area is 75.5 Å². The van der Waals surface area contributed by atoms with Gasteiger partial charge in [0, 0.05) is 10.9 Å². The van der Waals surface area contributed by atoms with E-state index >= 15 is 0 Å². The highest BCUT2D eigenvalue weighted by atomic mass is 32.2. The molecule has 12 heavy (non-hydrogen) atoms. The molecule has 0 heterocycles. The van der Waals surface area contributed by atoms with E-state index in [2.05, 4.69) is 4.72 Å². The molecule has 0 atom stereocenters. The largest absolute Gasteiger partial charge is 0.330 e. The van der Waals surface area contributed by atoms with Crippen LogP contribution < -0.4 is 4.72 Å². The predicted molar refractivity (Wildman–Crippen MR) is 50.6 cm³/mol. The molecule has 64 valence electrons. The third kappa shape index (κ3) is 2.14. The summed E-state index contributed by atoms with van der Waals surface area (Å²) in [5, 5.41) is 0.773. The molecule has 0 saturated heterocycles. The first-order valence-electron chi connectivity index (χ1n) is 4.02. The fourth-order valence-corrected chi connectivity index (χ4v) is 1.67. The van der Waals surface area contributed by atoms with Gasteiger partial charge in [-0.1, -0.05) is 0 Å². The molecule has 0 spiro atoms. The molecule has 0 bridgehead atoms. The number of anilines is 1. The van der Waals surface area contributed by atoms with E-state index in [4.69, 9.17) is 0 Å². The van der Waals surface area contributed by atoms with E-state index in [9.17, 15) is 4.39 Å². The Morgan fingerprint density at radius 3 is 2.50 bits per heavy atom. The van der Waals surface area contributed by atoms with Crippen molar-refractivity contribution in [3.63, 3.8) is 0 Å². The van der Waals surface area contributed by atoms with E-state index < -0.39 is 0 Å². The lowest BCUT2D eigenvalue weighted by atomic mass is 10.3. The van der Waals surface area contributed by atoms with Gasteiger partial charge in [-0.15, -0.1) is 0 Å². The molecule has 0 amide bonds. The van der Waals surface area contributed by atoms with E-state index in [-0.39, 0.29) is 5.82 Å². The first-order chi connectivity index (χ1) is 5.84. The van der Waals surface area contributed by atoms with Crippen LogP contribution in [0.1, 0.15) is 12.8 Å². The van der Waals surface area contributed by atoms with E-state index in [1.165, 1.54) is 25.0 Å². The molecule has 1 aromatic carbocycles. The van der Waals surface area contributed by atoms with Crippen LogP contribution >= 0.6 is 11.9 Å². The Morgan fingerprint density at radius 2 is 1.92 bits per heavy atom. The first-order valence-corrected chi connectivity index (χ1v) is 4.90. The van der Waals surface area contributed by atoms with Gasteiger partial charge in [0.05, 0.1) is 0 Å². The van der Waals surface area contributed by atoms with Crippen molar-refractivity contribution < 1.29 is 4.39 Å². The Bertz CT molecular complexity index is 256. The smallest absolute Gasteiger partial charge is 0.123 e. The minimum absolute atomic E-state index is 0.183. The number of rotatable bonds is 3. The molecule has 1 nitrogen and oxygen atoms in total. The van der Waals surface area contributed by atoms with Crippen molar-refractivity contribution in [1.82, 2.24) is 0 Å². The van der Waals surface area contributed by atoms with Gasteiger partial charge in [-0.25, -0.2) is 4.39 Å². The van der Waals surface area contributed by atoms with Crippen LogP contribution in [0.15, 0.2) is 24.3 Å². The summed E-state index contributed by atoms with van der Waals surface area (Å²) in [4.78, 5) is 0. The Kier molecular flexibility index (Phi) is 2.21. The molecule has 0 aliphatic heterocycles. The van der Waals surface area contributed by atoms with Crippen LogP contribution in [0.25, 0.3) is 0 Å². The van der Waals surface area contributed by atoms with Gasteiger partial charge < -0.3 is 4.72 Å². The van der Waals surface area contributed by atoms with E-state index in [1.807, 2.05) is 0 Å². The van der Waals surface area contributed by atoms with Crippen molar-refractivity contribution in [2.45, 2.75) is 18.1 Å². The third-order valence-electron chi connectivity index (χ3n) is 1.71. The lowest BCUT2D eigenvalue weighted by Crippen LogP contribution is -1.88. The molecule has 0 radical (unpaired) electrons. The highest BCUT2D eigenvalue weighted by molar-refractivity contribution is 8.01. The number of hydrogen-bond donors (Lipinski definition) is 1. The second kappa shape index (κ2) is 3.35. The van der Waals surface area contributed by atoms with Crippen LogP contribution in [0.2, 0.25) is 0 Å². The summed E-state index contributed by atoms with van der Waals surface area (Å²) in [6.45, 7) is 0. The minimum atomic E-state index is -0.183. The van der Waals surface area contributed by atoms with Crippen LogP contribution in [-0.4, -0.2) is 5.25 Å². The van der Waals surface area contributed by atoms with Gasteiger partial charge in [0.25, 0.3) is 0 Å². The lowest BCUT2D eigenvalue weighted by Gasteiger charge is -2.02. The molecule has 1 aromatic rings. The van der Waals surface area contributed by atoms with E-state index in [0.29, 0.717) is 0 Å². The first kappa shape index (κ1) is 7.92. The standard InChI is InChI=1S/C9H10FNS/c10-7-1-3-8(4-2-7)11-12-9-5-6-9/h1-4,9,11H,5-6H2. The summed E-state index contributed by atoms with van der Waals surface area (Å²) < 4.78 is 15.6. The van der Waals surface area contributed by atoms with Crippen LogP contribution in [0.5, 0.6) is 0 Å². The van der Waals surface area contributed by atoms with E-state index in [0.717, 1.165) is 10.9 Å². The summed E-state index contributed by atoms with van der Waals surface area (Å²) in [7, 11) is 0. The summed E-state index contributed by atoms with van der Waals surface area (Å²) in [6.07, 6.45) is 2.61. The Morgan fingerprint density at radius 1 is 1.25 bits per heavy atom. The fraction of sp³-hybridized carbons (Fsp3) is 0.333. The van der Waals surface area contributed by atoms with Gasteiger partial charge in [0.1, 0.15) is 5.82 Å². The quantitative estimate of drug-likeness (QED) is 0.723. The molecule has 0 aromatic heterocycles. The Hall–Kier alpha value is -0.700. The summed E-state index contributed by atoms with van der Waals surface area (Å²) >= 11 is 1.73. The van der Waals surface area contributed by atoms with Crippen molar-refractivity contribution in [3.8, 4) is 0 Å². The topological polar surface area (TPSA) is 12.0 Å². The molecular formula is C9H10FNS. The molecule has 1 N–H and O–H groups in total. The number of hydrogen-bond acceptors (Lipinski definition) is 2. The zero-order valence-electron chi connectivity index (χ0n) is 6.59. The SMILES string of the molecule is Fc1ccc(NSC2CC2)cc1. The third-order valence-corrected chi connectivity index (χ3v) is 2.87. The van der Waals surface area contributed by atoms with Gasteiger partial charge >= 0.3 is 0 Å². The maximum absolute atomic E-state index is 12.5. The van der Waals surface area contributed by atoms with Gasteiger partial charge in [0.2, 0.25) is 0 Å². The number of benzene rings is 1. The zero-order chi connectivity index (χ0) is 8.39. The average molecular weight is 183 g/mol. The summed E-state index contributed by atoms with van der Waals surface area (Å²) in [5.74, 6) is -0.183. The van der Waals surface area contributed by atoms with Gasteiger partial charge in [-0.05, 0) is 49.1 Å².